The number of carbonyl (C=O) groups is 1. The van der Waals surface area contributed by atoms with Crippen molar-refractivity contribution in [1.82, 2.24) is 5.32 Å². The van der Waals surface area contributed by atoms with Gasteiger partial charge in [-0.25, -0.2) is 9.18 Å². The van der Waals surface area contributed by atoms with Gasteiger partial charge in [0.15, 0.2) is 5.82 Å². The fraction of sp³-hybridized carbons (Fsp3) is 0.357. The molecule has 7 nitrogen and oxygen atoms in total. The molecule has 0 saturated carbocycles. The molecule has 0 saturated heterocycles. The van der Waals surface area contributed by atoms with Gasteiger partial charge in [0, 0.05) is 6.07 Å². The van der Waals surface area contributed by atoms with Crippen LogP contribution in [0, 0.1) is 27.8 Å². The number of nitrogens with one attached hydrogen (secondary N) is 1. The third kappa shape index (κ3) is 5.28. The highest BCUT2D eigenvalue weighted by molar-refractivity contribution is 5.68. The largest absolute Gasteiger partial charge is 0.444 e. The molecule has 0 fully saturated rings. The number of anilines is 1. The Morgan fingerprint density at radius 1 is 1.50 bits per heavy atom. The molecule has 0 aliphatic heterocycles. The molecule has 22 heavy (non-hydrogen) atoms. The molecule has 0 bridgehead atoms. The third-order valence-corrected chi connectivity index (χ3v) is 2.27. The van der Waals surface area contributed by atoms with Crippen molar-refractivity contribution in [1.29, 1.82) is 0 Å². The fourth-order valence-electron chi connectivity index (χ4n) is 1.38. The van der Waals surface area contributed by atoms with Crippen LogP contribution in [0.4, 0.5) is 20.6 Å². The molecule has 0 aliphatic carbocycles. The quantitative estimate of drug-likeness (QED) is 0.377. The topological polar surface area (TPSA) is 107 Å². The van der Waals surface area contributed by atoms with Gasteiger partial charge in [-0.1, -0.05) is 11.8 Å². The standard InChI is InChI=1S/C14H16FN3O4/c1-14(2,3)22-13(19)17-6-4-5-9-7-10(18(20)21)8-11(15)12(9)16/h7-8H,6,16H2,1-3H3,(H,17,19). The first kappa shape index (κ1) is 17.2. The Morgan fingerprint density at radius 3 is 2.68 bits per heavy atom. The molecule has 1 rings (SSSR count). The number of rotatable bonds is 2. The number of nitro benzene ring substituents is 1. The minimum absolute atomic E-state index is 0.0160. The summed E-state index contributed by atoms with van der Waals surface area (Å²) >= 11 is 0. The van der Waals surface area contributed by atoms with Crippen molar-refractivity contribution < 1.29 is 18.8 Å². The molecule has 0 aliphatic rings. The lowest BCUT2D eigenvalue weighted by Gasteiger charge is -2.19. The van der Waals surface area contributed by atoms with Crippen LogP contribution >= 0.6 is 0 Å². The predicted molar refractivity (Wildman–Crippen MR) is 78.6 cm³/mol. The summed E-state index contributed by atoms with van der Waals surface area (Å²) in [5.41, 5.74) is 4.08. The smallest absolute Gasteiger partial charge is 0.408 e. The zero-order chi connectivity index (χ0) is 16.9. The molecule has 0 radical (unpaired) electrons. The van der Waals surface area contributed by atoms with E-state index in [1.807, 2.05) is 0 Å². The van der Waals surface area contributed by atoms with E-state index in [1.165, 1.54) is 0 Å². The fourth-order valence-corrected chi connectivity index (χ4v) is 1.38. The van der Waals surface area contributed by atoms with Crippen molar-refractivity contribution in [3.63, 3.8) is 0 Å². The second-order valence-corrected chi connectivity index (χ2v) is 5.30. The van der Waals surface area contributed by atoms with Gasteiger partial charge in [0.05, 0.1) is 28.8 Å². The number of alkyl carbamates (subject to hydrolysis) is 1. The minimum Gasteiger partial charge on any atom is -0.444 e. The molecule has 1 aromatic rings. The normalized spacial score (nSPS) is 10.4. The van der Waals surface area contributed by atoms with E-state index in [2.05, 4.69) is 17.2 Å². The molecule has 0 aromatic heterocycles. The van der Waals surface area contributed by atoms with E-state index in [0.29, 0.717) is 0 Å². The Bertz CT molecular complexity index is 657. The number of nitrogens with zero attached hydrogens (tertiary/aromatic N) is 1. The Hall–Kier alpha value is -2.82. The number of non-ortho nitro benzene ring substituents is 1. The van der Waals surface area contributed by atoms with Gasteiger partial charge in [-0.15, -0.1) is 0 Å². The van der Waals surface area contributed by atoms with Gasteiger partial charge in [0.1, 0.15) is 5.60 Å². The first-order valence-corrected chi connectivity index (χ1v) is 6.29. The molecule has 118 valence electrons. The van der Waals surface area contributed by atoms with Gasteiger partial charge in [-0.3, -0.25) is 10.1 Å². The second-order valence-electron chi connectivity index (χ2n) is 5.30. The average molecular weight is 309 g/mol. The van der Waals surface area contributed by atoms with E-state index in [9.17, 15) is 19.3 Å². The lowest BCUT2D eigenvalue weighted by atomic mass is 10.1. The van der Waals surface area contributed by atoms with Crippen LogP contribution < -0.4 is 11.1 Å². The first-order chi connectivity index (χ1) is 10.1. The molecule has 1 aromatic carbocycles. The van der Waals surface area contributed by atoms with Crippen molar-refractivity contribution >= 4 is 17.5 Å². The van der Waals surface area contributed by atoms with Gasteiger partial charge in [-0.05, 0) is 20.8 Å². The predicted octanol–water partition coefficient (Wildman–Crippen LogP) is 2.19. The number of hydrogen-bond donors (Lipinski definition) is 2. The van der Waals surface area contributed by atoms with E-state index in [4.69, 9.17) is 10.5 Å². The molecule has 0 unspecified atom stereocenters. The number of nitrogens with two attached hydrogens (primary N) is 1. The lowest BCUT2D eigenvalue weighted by molar-refractivity contribution is -0.385. The van der Waals surface area contributed by atoms with E-state index >= 15 is 0 Å². The Morgan fingerprint density at radius 2 is 2.14 bits per heavy atom. The van der Waals surface area contributed by atoms with E-state index < -0.39 is 28.1 Å². The molecule has 0 atom stereocenters. The summed E-state index contributed by atoms with van der Waals surface area (Å²) in [5.74, 6) is 4.08. The number of halogens is 1. The number of amides is 1. The van der Waals surface area contributed by atoms with Crippen LogP contribution in [0.25, 0.3) is 0 Å². The SMILES string of the molecule is CC(C)(C)OC(=O)NCC#Cc1cc([N+](=O)[O-])cc(F)c1N. The molecule has 3 N–H and O–H groups in total. The van der Waals surface area contributed by atoms with E-state index in [1.54, 1.807) is 20.8 Å². The first-order valence-electron chi connectivity index (χ1n) is 6.29. The van der Waals surface area contributed by atoms with Gasteiger partial charge >= 0.3 is 6.09 Å². The molecule has 1 amide bonds. The molecular formula is C14H16FN3O4. The molecule has 8 heteroatoms. The van der Waals surface area contributed by atoms with Gasteiger partial charge in [0.25, 0.3) is 5.69 Å². The highest BCUT2D eigenvalue weighted by Crippen LogP contribution is 2.22. The highest BCUT2D eigenvalue weighted by atomic mass is 19.1. The summed E-state index contributed by atoms with van der Waals surface area (Å²) < 4.78 is 18.4. The molecule has 0 spiro atoms. The van der Waals surface area contributed by atoms with Crippen LogP contribution in [-0.2, 0) is 4.74 Å². The van der Waals surface area contributed by atoms with E-state index in [0.717, 1.165) is 12.1 Å². The summed E-state index contributed by atoms with van der Waals surface area (Å²) in [6.45, 7) is 5.07. The second kappa shape index (κ2) is 6.76. The molecule has 0 heterocycles. The summed E-state index contributed by atoms with van der Waals surface area (Å²) in [4.78, 5) is 21.3. The zero-order valence-corrected chi connectivity index (χ0v) is 12.4. The lowest BCUT2D eigenvalue weighted by Crippen LogP contribution is -2.32. The number of hydrogen-bond acceptors (Lipinski definition) is 5. The van der Waals surface area contributed by atoms with Crippen molar-refractivity contribution in [3.05, 3.63) is 33.6 Å². The number of benzene rings is 1. The average Bonchev–Trinajstić information content (AvgIpc) is 2.36. The van der Waals surface area contributed by atoms with Crippen molar-refractivity contribution in [2.45, 2.75) is 26.4 Å². The summed E-state index contributed by atoms with van der Waals surface area (Å²) in [7, 11) is 0. The number of ether oxygens (including phenoxy) is 1. The Balaban J connectivity index is 2.77. The van der Waals surface area contributed by atoms with Crippen molar-refractivity contribution in [2.75, 3.05) is 12.3 Å². The summed E-state index contributed by atoms with van der Waals surface area (Å²) in [6, 6.07) is 1.79. The van der Waals surface area contributed by atoms with Crippen molar-refractivity contribution in [2.24, 2.45) is 0 Å². The van der Waals surface area contributed by atoms with Crippen LogP contribution in [0.5, 0.6) is 0 Å². The van der Waals surface area contributed by atoms with Gasteiger partial charge in [0.2, 0.25) is 0 Å². The van der Waals surface area contributed by atoms with Crippen LogP contribution in [0.2, 0.25) is 0 Å². The molecular weight excluding hydrogens is 293 g/mol. The van der Waals surface area contributed by atoms with Gasteiger partial charge < -0.3 is 15.8 Å². The summed E-state index contributed by atoms with van der Waals surface area (Å²) in [5, 5.41) is 13.0. The highest BCUT2D eigenvalue weighted by Gasteiger charge is 2.15. The van der Waals surface area contributed by atoms with Crippen LogP contribution in [0.3, 0.4) is 0 Å². The maximum atomic E-state index is 13.4. The maximum Gasteiger partial charge on any atom is 0.408 e. The summed E-state index contributed by atoms with van der Waals surface area (Å²) in [6.07, 6.45) is -0.653. The zero-order valence-electron chi connectivity index (χ0n) is 12.4. The van der Waals surface area contributed by atoms with Crippen LogP contribution in [-0.4, -0.2) is 23.2 Å². The number of nitrogen functional groups attached to an aromatic ring is 1. The number of nitro groups is 1. The maximum absolute atomic E-state index is 13.4. The number of carbonyl (C=O) groups excluding carboxylic acids is 1. The third-order valence-electron chi connectivity index (χ3n) is 2.27. The van der Waals surface area contributed by atoms with Crippen LogP contribution in [0.15, 0.2) is 12.1 Å². The monoisotopic (exact) mass is 309 g/mol. The Kier molecular flexibility index (Phi) is 5.29. The van der Waals surface area contributed by atoms with Crippen molar-refractivity contribution in [3.8, 4) is 11.8 Å². The van der Waals surface area contributed by atoms with E-state index in [-0.39, 0.29) is 17.8 Å². The van der Waals surface area contributed by atoms with Crippen LogP contribution in [0.1, 0.15) is 26.3 Å². The minimum atomic E-state index is -0.918. The Labute approximate surface area is 126 Å². The van der Waals surface area contributed by atoms with Gasteiger partial charge in [-0.2, -0.15) is 0 Å².